The average molecular weight is 435 g/mol. The summed E-state index contributed by atoms with van der Waals surface area (Å²) < 4.78 is 1.74. The number of benzene rings is 1. The van der Waals surface area contributed by atoms with E-state index in [1.54, 1.807) is 4.68 Å². The minimum absolute atomic E-state index is 0.168. The Labute approximate surface area is 184 Å². The quantitative estimate of drug-likeness (QED) is 0.499. The standard InChI is InChI=1S/C23H23ClN6O/c1-13-20-14(11-29(2)28-20)7-17(21(13)31)19-9-18(24)16-8-15(10-25-22(16)27-19)30-6-5-26-23(12-30)3-4-23/h7-11,26,31H,3-6,12H2,1-2H3. The number of piperazine rings is 1. The van der Waals surface area contributed by atoms with Crippen LogP contribution in [-0.4, -0.2) is 50.0 Å². The maximum absolute atomic E-state index is 10.8. The fraction of sp³-hybridized carbons (Fsp3) is 0.348. The molecule has 0 bridgehead atoms. The summed E-state index contributed by atoms with van der Waals surface area (Å²) in [5.74, 6) is 0.168. The first-order valence-electron chi connectivity index (χ1n) is 10.6. The first kappa shape index (κ1) is 18.8. The van der Waals surface area contributed by atoms with Crippen LogP contribution in [0.1, 0.15) is 18.4 Å². The van der Waals surface area contributed by atoms with Crippen LogP contribution in [0.15, 0.2) is 30.6 Å². The number of aromatic hydroxyl groups is 1. The van der Waals surface area contributed by atoms with Gasteiger partial charge in [-0.15, -0.1) is 0 Å². The Kier molecular flexibility index (Phi) is 3.98. The number of anilines is 1. The van der Waals surface area contributed by atoms with E-state index < -0.39 is 0 Å². The molecule has 7 nitrogen and oxygen atoms in total. The van der Waals surface area contributed by atoms with Gasteiger partial charge in [0.2, 0.25) is 0 Å². The van der Waals surface area contributed by atoms with Crippen LogP contribution >= 0.6 is 11.6 Å². The Morgan fingerprint density at radius 2 is 2.06 bits per heavy atom. The lowest BCUT2D eigenvalue weighted by molar-refractivity contribution is 0.442. The molecule has 8 heteroatoms. The molecule has 1 spiro atoms. The highest BCUT2D eigenvalue weighted by atomic mass is 35.5. The maximum Gasteiger partial charge on any atom is 0.161 e. The van der Waals surface area contributed by atoms with Crippen LogP contribution in [0.5, 0.6) is 5.75 Å². The van der Waals surface area contributed by atoms with Crippen LogP contribution < -0.4 is 10.2 Å². The zero-order valence-electron chi connectivity index (χ0n) is 17.5. The lowest BCUT2D eigenvalue weighted by Gasteiger charge is -2.35. The van der Waals surface area contributed by atoms with Gasteiger partial charge < -0.3 is 15.3 Å². The molecule has 1 aliphatic carbocycles. The number of hydrogen-bond donors (Lipinski definition) is 2. The van der Waals surface area contributed by atoms with Crippen molar-refractivity contribution in [1.82, 2.24) is 25.1 Å². The number of fused-ring (bicyclic) bond motifs is 2. The number of phenols is 1. The summed E-state index contributed by atoms with van der Waals surface area (Å²) >= 11 is 6.70. The molecule has 1 saturated carbocycles. The Morgan fingerprint density at radius 3 is 2.87 bits per heavy atom. The highest BCUT2D eigenvalue weighted by Gasteiger charge is 2.45. The van der Waals surface area contributed by atoms with Gasteiger partial charge in [0, 0.05) is 60.3 Å². The number of rotatable bonds is 2. The monoisotopic (exact) mass is 434 g/mol. The van der Waals surface area contributed by atoms with Crippen molar-refractivity contribution in [3.8, 4) is 17.0 Å². The van der Waals surface area contributed by atoms with E-state index in [1.807, 2.05) is 38.5 Å². The number of nitrogens with zero attached hydrogens (tertiary/aromatic N) is 5. The smallest absolute Gasteiger partial charge is 0.161 e. The molecule has 0 radical (unpaired) electrons. The van der Waals surface area contributed by atoms with E-state index in [2.05, 4.69) is 26.4 Å². The summed E-state index contributed by atoms with van der Waals surface area (Å²) in [5.41, 5.74) is 4.68. The predicted molar refractivity (Wildman–Crippen MR) is 123 cm³/mol. The van der Waals surface area contributed by atoms with Gasteiger partial charge in [-0.2, -0.15) is 5.10 Å². The molecule has 31 heavy (non-hydrogen) atoms. The van der Waals surface area contributed by atoms with Crippen molar-refractivity contribution in [2.45, 2.75) is 25.3 Å². The van der Waals surface area contributed by atoms with Crippen molar-refractivity contribution in [3.63, 3.8) is 0 Å². The number of nitrogens with one attached hydrogen (secondary N) is 1. The van der Waals surface area contributed by atoms with Crippen LogP contribution in [0.25, 0.3) is 33.2 Å². The Balaban J connectivity index is 1.43. The summed E-state index contributed by atoms with van der Waals surface area (Å²) in [7, 11) is 1.87. The van der Waals surface area contributed by atoms with E-state index in [9.17, 15) is 5.11 Å². The zero-order valence-corrected chi connectivity index (χ0v) is 18.2. The molecule has 2 aliphatic rings. The van der Waals surface area contributed by atoms with Crippen LogP contribution in [-0.2, 0) is 7.05 Å². The van der Waals surface area contributed by atoms with Gasteiger partial charge in [-0.1, -0.05) is 11.6 Å². The number of phenolic OH excluding ortho intramolecular Hbond substituents is 1. The molecule has 1 aliphatic heterocycles. The summed E-state index contributed by atoms with van der Waals surface area (Å²) in [6.45, 7) is 4.80. The van der Waals surface area contributed by atoms with Gasteiger partial charge in [0.25, 0.3) is 0 Å². The molecule has 0 amide bonds. The third kappa shape index (κ3) is 3.03. The number of pyridine rings is 2. The molecule has 158 valence electrons. The first-order chi connectivity index (χ1) is 14.9. The number of aromatic nitrogens is 4. The van der Waals surface area contributed by atoms with E-state index in [0.717, 1.165) is 47.2 Å². The minimum atomic E-state index is 0.168. The highest BCUT2D eigenvalue weighted by Crippen LogP contribution is 2.40. The van der Waals surface area contributed by atoms with Gasteiger partial charge in [-0.3, -0.25) is 4.68 Å². The summed E-state index contributed by atoms with van der Waals surface area (Å²) in [4.78, 5) is 11.8. The van der Waals surface area contributed by atoms with Crippen LogP contribution in [0.2, 0.25) is 5.02 Å². The molecule has 6 rings (SSSR count). The van der Waals surface area contributed by atoms with Crippen molar-refractivity contribution >= 4 is 39.2 Å². The Morgan fingerprint density at radius 1 is 1.23 bits per heavy atom. The molecule has 1 saturated heterocycles. The Hall–Kier alpha value is -2.90. The molecule has 1 aromatic carbocycles. The minimum Gasteiger partial charge on any atom is -0.507 e. The Bertz CT molecular complexity index is 1360. The molecule has 4 heterocycles. The van der Waals surface area contributed by atoms with Gasteiger partial charge in [0.1, 0.15) is 5.75 Å². The summed E-state index contributed by atoms with van der Waals surface area (Å²) in [6, 6.07) is 5.80. The number of halogens is 1. The highest BCUT2D eigenvalue weighted by molar-refractivity contribution is 6.35. The SMILES string of the molecule is Cc1c(O)c(-c2cc(Cl)c3cc(N4CCNC5(CC5)C4)cnc3n2)cc2cn(C)nc12. The second kappa shape index (κ2) is 6.55. The van der Waals surface area contributed by atoms with Gasteiger partial charge >= 0.3 is 0 Å². The van der Waals surface area contributed by atoms with Gasteiger partial charge in [-0.05, 0) is 38.0 Å². The normalized spacial score (nSPS) is 17.7. The molecule has 3 aromatic heterocycles. The molecule has 2 N–H and O–H groups in total. The first-order valence-corrected chi connectivity index (χ1v) is 10.9. The van der Waals surface area contributed by atoms with Gasteiger partial charge in [0.05, 0.1) is 28.1 Å². The average Bonchev–Trinajstić information content (AvgIpc) is 3.38. The van der Waals surface area contributed by atoms with Crippen molar-refractivity contribution in [2.75, 3.05) is 24.5 Å². The maximum atomic E-state index is 10.8. The molecule has 0 atom stereocenters. The fourth-order valence-electron chi connectivity index (χ4n) is 4.67. The second-order valence-electron chi connectivity index (χ2n) is 8.82. The van der Waals surface area contributed by atoms with Crippen molar-refractivity contribution < 1.29 is 5.11 Å². The molecule has 4 aromatic rings. The number of aryl methyl sites for hydroxylation is 2. The van der Waals surface area contributed by atoms with Crippen molar-refractivity contribution in [3.05, 3.63) is 41.2 Å². The van der Waals surface area contributed by atoms with Crippen molar-refractivity contribution in [2.24, 2.45) is 7.05 Å². The van der Waals surface area contributed by atoms with Gasteiger partial charge in [-0.25, -0.2) is 9.97 Å². The third-order valence-corrected chi connectivity index (χ3v) is 6.90. The third-order valence-electron chi connectivity index (χ3n) is 6.59. The zero-order chi connectivity index (χ0) is 21.3. The van der Waals surface area contributed by atoms with Gasteiger partial charge in [0.15, 0.2) is 5.65 Å². The summed E-state index contributed by atoms with van der Waals surface area (Å²) in [5, 5.41) is 21.2. The lowest BCUT2D eigenvalue weighted by atomic mass is 10.0. The van der Waals surface area contributed by atoms with Crippen LogP contribution in [0.4, 0.5) is 5.69 Å². The molecule has 0 unspecified atom stereocenters. The largest absolute Gasteiger partial charge is 0.507 e. The van der Waals surface area contributed by atoms with E-state index in [4.69, 9.17) is 16.6 Å². The van der Waals surface area contributed by atoms with E-state index in [0.29, 0.717) is 27.5 Å². The topological polar surface area (TPSA) is 79.1 Å². The second-order valence-corrected chi connectivity index (χ2v) is 9.23. The summed E-state index contributed by atoms with van der Waals surface area (Å²) in [6.07, 6.45) is 6.28. The predicted octanol–water partition coefficient (Wildman–Crippen LogP) is 3.79. The van der Waals surface area contributed by atoms with Crippen LogP contribution in [0, 0.1) is 6.92 Å². The molecule has 2 fully saturated rings. The van der Waals surface area contributed by atoms with Crippen LogP contribution in [0.3, 0.4) is 0 Å². The molecular formula is C23H23ClN6O. The number of hydrogen-bond acceptors (Lipinski definition) is 6. The van der Waals surface area contributed by atoms with Crippen molar-refractivity contribution in [1.29, 1.82) is 0 Å². The van der Waals surface area contributed by atoms with E-state index in [1.165, 1.54) is 12.8 Å². The van der Waals surface area contributed by atoms with E-state index >= 15 is 0 Å². The van der Waals surface area contributed by atoms with E-state index in [-0.39, 0.29) is 5.75 Å². The molecular weight excluding hydrogens is 412 g/mol. The lowest BCUT2D eigenvalue weighted by Crippen LogP contribution is -2.52. The fourth-order valence-corrected chi connectivity index (χ4v) is 4.91.